The van der Waals surface area contributed by atoms with Gasteiger partial charge in [-0.1, -0.05) is 6.08 Å². The van der Waals surface area contributed by atoms with Gasteiger partial charge in [0.15, 0.2) is 9.84 Å². The molecular formula is C10H17N3O3S. The van der Waals surface area contributed by atoms with Gasteiger partial charge in [0.25, 0.3) is 0 Å². The molecule has 2 heterocycles. The molecule has 0 bridgehead atoms. The Balaban J connectivity index is 1.80. The van der Waals surface area contributed by atoms with Crippen LogP contribution in [0.1, 0.15) is 12.8 Å². The molecule has 2 aliphatic heterocycles. The quantitative estimate of drug-likeness (QED) is 0.694. The highest BCUT2D eigenvalue weighted by Crippen LogP contribution is 2.14. The number of carbonyl (C=O) groups excluding carboxylic acids is 1. The lowest BCUT2D eigenvalue weighted by atomic mass is 10.0. The smallest absolute Gasteiger partial charge is 0.314 e. The van der Waals surface area contributed by atoms with Crippen LogP contribution < -0.4 is 11.1 Å². The van der Waals surface area contributed by atoms with Crippen molar-refractivity contribution in [1.29, 1.82) is 0 Å². The summed E-state index contributed by atoms with van der Waals surface area (Å²) in [6.45, 7) is 1.27. The normalized spacial score (nSPS) is 28.5. The average molecular weight is 259 g/mol. The van der Waals surface area contributed by atoms with E-state index in [1.807, 2.05) is 0 Å². The molecule has 0 aliphatic carbocycles. The molecule has 2 amide bonds. The molecule has 1 fully saturated rings. The average Bonchev–Trinajstić information content (AvgIpc) is 2.59. The SMILES string of the molecule is NC(=O)N1CCC(NC2C=CS(=O)(=O)C2)CC1. The molecule has 7 heteroatoms. The maximum Gasteiger partial charge on any atom is 0.314 e. The van der Waals surface area contributed by atoms with Crippen molar-refractivity contribution in [2.75, 3.05) is 18.8 Å². The topological polar surface area (TPSA) is 92.5 Å². The van der Waals surface area contributed by atoms with Crippen LogP contribution in [0.5, 0.6) is 0 Å². The molecular weight excluding hydrogens is 242 g/mol. The van der Waals surface area contributed by atoms with Gasteiger partial charge in [-0.2, -0.15) is 0 Å². The fourth-order valence-corrected chi connectivity index (χ4v) is 3.50. The fraction of sp³-hybridized carbons (Fsp3) is 0.700. The zero-order valence-corrected chi connectivity index (χ0v) is 10.3. The number of nitrogens with one attached hydrogen (secondary N) is 1. The van der Waals surface area contributed by atoms with E-state index in [1.165, 1.54) is 5.41 Å². The summed E-state index contributed by atoms with van der Waals surface area (Å²) in [7, 11) is -3.00. The van der Waals surface area contributed by atoms with Gasteiger partial charge in [-0.3, -0.25) is 0 Å². The molecule has 17 heavy (non-hydrogen) atoms. The van der Waals surface area contributed by atoms with Crippen molar-refractivity contribution in [3.8, 4) is 0 Å². The Morgan fingerprint density at radius 3 is 2.47 bits per heavy atom. The molecule has 96 valence electrons. The first kappa shape index (κ1) is 12.4. The van der Waals surface area contributed by atoms with Gasteiger partial charge in [-0.15, -0.1) is 0 Å². The van der Waals surface area contributed by atoms with E-state index in [0.717, 1.165) is 12.8 Å². The third-order valence-corrected chi connectivity index (χ3v) is 4.58. The van der Waals surface area contributed by atoms with Crippen LogP contribution in [0.2, 0.25) is 0 Å². The molecule has 0 spiro atoms. The predicted molar refractivity (Wildman–Crippen MR) is 64.0 cm³/mol. The van der Waals surface area contributed by atoms with E-state index in [4.69, 9.17) is 5.73 Å². The highest BCUT2D eigenvalue weighted by Gasteiger charge is 2.26. The van der Waals surface area contributed by atoms with Gasteiger partial charge in [0.2, 0.25) is 0 Å². The third kappa shape index (κ3) is 3.19. The van der Waals surface area contributed by atoms with Crippen molar-refractivity contribution < 1.29 is 13.2 Å². The number of nitrogens with zero attached hydrogens (tertiary/aromatic N) is 1. The molecule has 1 saturated heterocycles. The number of amides is 2. The van der Waals surface area contributed by atoms with E-state index in [1.54, 1.807) is 11.0 Å². The van der Waals surface area contributed by atoms with Gasteiger partial charge in [0.1, 0.15) is 0 Å². The number of carbonyl (C=O) groups is 1. The molecule has 1 unspecified atom stereocenters. The van der Waals surface area contributed by atoms with Crippen LogP contribution in [0.3, 0.4) is 0 Å². The van der Waals surface area contributed by atoms with Crippen molar-refractivity contribution in [2.24, 2.45) is 5.73 Å². The number of rotatable bonds is 2. The maximum atomic E-state index is 11.2. The van der Waals surface area contributed by atoms with E-state index in [9.17, 15) is 13.2 Å². The number of hydrogen-bond acceptors (Lipinski definition) is 4. The summed E-state index contributed by atoms with van der Waals surface area (Å²) in [5.74, 6) is 0.142. The highest BCUT2D eigenvalue weighted by molar-refractivity contribution is 7.94. The van der Waals surface area contributed by atoms with Gasteiger partial charge in [0, 0.05) is 30.6 Å². The molecule has 0 aromatic carbocycles. The highest BCUT2D eigenvalue weighted by atomic mass is 32.2. The third-order valence-electron chi connectivity index (χ3n) is 3.19. The lowest BCUT2D eigenvalue weighted by Crippen LogP contribution is -2.49. The van der Waals surface area contributed by atoms with Crippen LogP contribution in [0.25, 0.3) is 0 Å². The zero-order valence-electron chi connectivity index (χ0n) is 9.50. The maximum absolute atomic E-state index is 11.2. The summed E-state index contributed by atoms with van der Waals surface area (Å²) >= 11 is 0. The lowest BCUT2D eigenvalue weighted by molar-refractivity contribution is 0.184. The van der Waals surface area contributed by atoms with E-state index in [0.29, 0.717) is 13.1 Å². The molecule has 2 rings (SSSR count). The van der Waals surface area contributed by atoms with Crippen LogP contribution in [-0.4, -0.2) is 50.3 Å². The second-order valence-electron chi connectivity index (χ2n) is 4.53. The molecule has 0 aromatic rings. The minimum absolute atomic E-state index is 0.0925. The number of hydrogen-bond donors (Lipinski definition) is 2. The lowest BCUT2D eigenvalue weighted by Gasteiger charge is -2.32. The second kappa shape index (κ2) is 4.66. The summed E-state index contributed by atoms with van der Waals surface area (Å²) in [6.07, 6.45) is 3.32. The van der Waals surface area contributed by atoms with Crippen molar-refractivity contribution in [3.63, 3.8) is 0 Å². The van der Waals surface area contributed by atoms with Gasteiger partial charge >= 0.3 is 6.03 Å². The Morgan fingerprint density at radius 1 is 1.35 bits per heavy atom. The molecule has 2 aliphatic rings. The number of sulfone groups is 1. The Labute approximate surface area is 101 Å². The fourth-order valence-electron chi connectivity index (χ4n) is 2.25. The Morgan fingerprint density at radius 2 is 2.00 bits per heavy atom. The van der Waals surface area contributed by atoms with E-state index < -0.39 is 9.84 Å². The van der Waals surface area contributed by atoms with Crippen LogP contribution in [0.4, 0.5) is 4.79 Å². The summed E-state index contributed by atoms with van der Waals surface area (Å²) in [6, 6.07) is -0.217. The first-order chi connectivity index (χ1) is 7.96. The minimum atomic E-state index is -3.00. The van der Waals surface area contributed by atoms with Gasteiger partial charge < -0.3 is 16.0 Å². The van der Waals surface area contributed by atoms with E-state index in [2.05, 4.69) is 5.32 Å². The Hall–Kier alpha value is -1.08. The van der Waals surface area contributed by atoms with Crippen LogP contribution in [0, 0.1) is 0 Å². The molecule has 0 saturated carbocycles. The van der Waals surface area contributed by atoms with Crippen molar-refractivity contribution in [2.45, 2.75) is 24.9 Å². The molecule has 0 radical (unpaired) electrons. The monoisotopic (exact) mass is 259 g/mol. The molecule has 1 atom stereocenters. The molecule has 3 N–H and O–H groups in total. The van der Waals surface area contributed by atoms with Gasteiger partial charge in [-0.05, 0) is 12.8 Å². The van der Waals surface area contributed by atoms with Crippen molar-refractivity contribution in [1.82, 2.24) is 10.2 Å². The first-order valence-electron chi connectivity index (χ1n) is 5.68. The van der Waals surface area contributed by atoms with E-state index in [-0.39, 0.29) is 23.9 Å². The largest absolute Gasteiger partial charge is 0.351 e. The summed E-state index contributed by atoms with van der Waals surface area (Å²) in [5, 5.41) is 4.56. The Kier molecular flexibility index (Phi) is 3.39. The number of urea groups is 1. The number of likely N-dealkylation sites (tertiary alicyclic amines) is 1. The number of primary amides is 1. The molecule has 6 nitrogen and oxygen atoms in total. The van der Waals surface area contributed by atoms with Gasteiger partial charge in [0.05, 0.1) is 5.75 Å². The summed E-state index contributed by atoms with van der Waals surface area (Å²) in [4.78, 5) is 12.5. The van der Waals surface area contributed by atoms with Crippen LogP contribution in [-0.2, 0) is 9.84 Å². The van der Waals surface area contributed by atoms with Crippen molar-refractivity contribution >= 4 is 15.9 Å². The summed E-state index contributed by atoms with van der Waals surface area (Å²) < 4.78 is 22.5. The van der Waals surface area contributed by atoms with Crippen molar-refractivity contribution in [3.05, 3.63) is 11.5 Å². The van der Waals surface area contributed by atoms with Crippen LogP contribution in [0.15, 0.2) is 11.5 Å². The second-order valence-corrected chi connectivity index (χ2v) is 6.46. The Bertz CT molecular complexity index is 424. The van der Waals surface area contributed by atoms with E-state index >= 15 is 0 Å². The minimum Gasteiger partial charge on any atom is -0.351 e. The number of nitrogens with two attached hydrogens (primary N) is 1. The van der Waals surface area contributed by atoms with Crippen LogP contribution >= 0.6 is 0 Å². The standard InChI is InChI=1S/C10H17N3O3S/c11-10(14)13-4-1-8(2-5-13)12-9-3-6-17(15,16)7-9/h3,6,8-9,12H,1-2,4-5,7H2,(H2,11,14). The number of piperidine rings is 1. The van der Waals surface area contributed by atoms with Gasteiger partial charge in [-0.25, -0.2) is 13.2 Å². The zero-order chi connectivity index (χ0) is 12.5. The first-order valence-corrected chi connectivity index (χ1v) is 7.39. The summed E-state index contributed by atoms with van der Waals surface area (Å²) in [5.41, 5.74) is 5.19. The molecule has 0 aromatic heterocycles. The predicted octanol–water partition coefficient (Wildman–Crippen LogP) is -0.570.